The fourth-order valence-electron chi connectivity index (χ4n) is 4.19. The third-order valence-corrected chi connectivity index (χ3v) is 6.41. The molecule has 0 saturated carbocycles. The Bertz CT molecular complexity index is 693. The van der Waals surface area contributed by atoms with E-state index in [0.29, 0.717) is 46.1 Å². The van der Waals surface area contributed by atoms with Crippen molar-refractivity contribution < 1.29 is 23.5 Å². The monoisotopic (exact) mass is 478 g/mol. The van der Waals surface area contributed by atoms with Crippen LogP contribution >= 0.6 is 0 Å². The van der Waals surface area contributed by atoms with Gasteiger partial charge in [-0.2, -0.15) is 0 Å². The molecule has 0 radical (unpaired) electrons. The van der Waals surface area contributed by atoms with Gasteiger partial charge in [-0.15, -0.1) is 0 Å². The van der Waals surface area contributed by atoms with Gasteiger partial charge in [-0.05, 0) is 51.3 Å². The maximum Gasteiger partial charge on any atom is 0.238 e. The SMILES string of the molecule is CCCCN(CCOCCOCC[N+](CC)(CC=O)CCC)CC(=O)Nc1c(C)cccc1C. The Labute approximate surface area is 207 Å². The molecule has 1 unspecified atom stereocenters. The summed E-state index contributed by atoms with van der Waals surface area (Å²) in [6, 6.07) is 6.03. The van der Waals surface area contributed by atoms with Crippen LogP contribution in [0.3, 0.4) is 0 Å². The number of amides is 1. The molecule has 0 saturated heterocycles. The van der Waals surface area contributed by atoms with Crippen LogP contribution in [0.4, 0.5) is 5.69 Å². The van der Waals surface area contributed by atoms with Crippen molar-refractivity contribution in [2.75, 3.05) is 77.6 Å². The van der Waals surface area contributed by atoms with E-state index < -0.39 is 0 Å². The molecule has 0 heterocycles. The molecule has 34 heavy (non-hydrogen) atoms. The first-order valence-corrected chi connectivity index (χ1v) is 12.9. The minimum Gasteiger partial charge on any atom is -0.378 e. The van der Waals surface area contributed by atoms with Gasteiger partial charge in [0.1, 0.15) is 13.1 Å². The Kier molecular flexibility index (Phi) is 15.7. The molecule has 0 aliphatic heterocycles. The highest BCUT2D eigenvalue weighted by atomic mass is 16.5. The van der Waals surface area contributed by atoms with Crippen LogP contribution in [-0.4, -0.2) is 93.8 Å². The maximum atomic E-state index is 12.7. The molecule has 1 amide bonds. The van der Waals surface area contributed by atoms with E-state index in [4.69, 9.17) is 9.47 Å². The summed E-state index contributed by atoms with van der Waals surface area (Å²) in [6.45, 7) is 18.0. The van der Waals surface area contributed by atoms with Gasteiger partial charge >= 0.3 is 0 Å². The largest absolute Gasteiger partial charge is 0.378 e. The zero-order valence-electron chi connectivity index (χ0n) is 22.2. The zero-order valence-corrected chi connectivity index (χ0v) is 22.2. The number of aryl methyl sites for hydroxylation is 2. The summed E-state index contributed by atoms with van der Waals surface area (Å²) in [4.78, 5) is 25.9. The van der Waals surface area contributed by atoms with E-state index in [2.05, 4.69) is 31.0 Å². The normalized spacial score (nSPS) is 13.1. The molecule has 0 fully saturated rings. The van der Waals surface area contributed by atoms with Gasteiger partial charge in [0, 0.05) is 12.2 Å². The van der Waals surface area contributed by atoms with Crippen molar-refractivity contribution in [3.63, 3.8) is 0 Å². The average Bonchev–Trinajstić information content (AvgIpc) is 2.81. The fraction of sp³-hybridized carbons (Fsp3) is 0.704. The Morgan fingerprint density at radius 3 is 2.24 bits per heavy atom. The summed E-state index contributed by atoms with van der Waals surface area (Å²) in [5.41, 5.74) is 3.06. The Morgan fingerprint density at radius 1 is 0.971 bits per heavy atom. The van der Waals surface area contributed by atoms with Crippen molar-refractivity contribution in [1.82, 2.24) is 4.90 Å². The first-order valence-electron chi connectivity index (χ1n) is 12.9. The molecule has 1 rings (SSSR count). The number of benzene rings is 1. The second-order valence-electron chi connectivity index (χ2n) is 9.12. The number of carbonyl (C=O) groups excluding carboxylic acids is 2. The van der Waals surface area contributed by atoms with Crippen LogP contribution < -0.4 is 5.32 Å². The number of rotatable bonds is 20. The molecule has 194 valence electrons. The summed E-state index contributed by atoms with van der Waals surface area (Å²) < 4.78 is 12.3. The molecule has 1 N–H and O–H groups in total. The Hall–Kier alpha value is -1.80. The van der Waals surface area contributed by atoms with Crippen LogP contribution in [0.5, 0.6) is 0 Å². The molecular formula is C27H48N3O4+. The summed E-state index contributed by atoms with van der Waals surface area (Å²) in [7, 11) is 0. The number of nitrogens with one attached hydrogen (secondary N) is 1. The topological polar surface area (TPSA) is 67.9 Å². The summed E-state index contributed by atoms with van der Waals surface area (Å²) >= 11 is 0. The Balaban J connectivity index is 2.34. The van der Waals surface area contributed by atoms with Gasteiger partial charge in [-0.3, -0.25) is 14.5 Å². The number of hydrogen-bond acceptors (Lipinski definition) is 5. The predicted molar refractivity (Wildman–Crippen MR) is 139 cm³/mol. The highest BCUT2D eigenvalue weighted by Crippen LogP contribution is 2.19. The lowest BCUT2D eigenvalue weighted by Crippen LogP contribution is -2.51. The van der Waals surface area contributed by atoms with E-state index in [0.717, 1.165) is 73.0 Å². The van der Waals surface area contributed by atoms with Crippen LogP contribution in [0.2, 0.25) is 0 Å². The van der Waals surface area contributed by atoms with Crippen LogP contribution in [0.1, 0.15) is 51.2 Å². The molecule has 0 aliphatic carbocycles. The molecule has 7 heteroatoms. The number of para-hydroxylation sites is 1. The van der Waals surface area contributed by atoms with Crippen molar-refractivity contribution in [2.45, 2.75) is 53.9 Å². The van der Waals surface area contributed by atoms with Gasteiger partial charge in [-0.1, -0.05) is 38.5 Å². The van der Waals surface area contributed by atoms with Gasteiger partial charge in [0.15, 0.2) is 6.29 Å². The lowest BCUT2D eigenvalue weighted by atomic mass is 10.1. The molecular weight excluding hydrogens is 430 g/mol. The van der Waals surface area contributed by atoms with Crippen LogP contribution in [0.15, 0.2) is 18.2 Å². The number of nitrogens with zero attached hydrogens (tertiary/aromatic N) is 2. The predicted octanol–water partition coefficient (Wildman–Crippen LogP) is 3.82. The quantitative estimate of drug-likeness (QED) is 0.175. The first kappa shape index (κ1) is 30.2. The summed E-state index contributed by atoms with van der Waals surface area (Å²) in [5, 5.41) is 3.08. The van der Waals surface area contributed by atoms with Gasteiger partial charge in [-0.25, -0.2) is 0 Å². The third kappa shape index (κ3) is 11.6. The summed E-state index contributed by atoms with van der Waals surface area (Å²) in [6.07, 6.45) is 4.22. The minimum absolute atomic E-state index is 0.0109. The van der Waals surface area contributed by atoms with Crippen molar-refractivity contribution in [3.8, 4) is 0 Å². The molecule has 1 aromatic carbocycles. The number of hydrogen-bond donors (Lipinski definition) is 1. The number of unbranched alkanes of at least 4 members (excludes halogenated alkanes) is 1. The number of likely N-dealkylation sites (N-methyl/N-ethyl adjacent to an activating group) is 1. The molecule has 0 spiro atoms. The molecule has 0 aliphatic rings. The van der Waals surface area contributed by atoms with Gasteiger partial charge in [0.2, 0.25) is 5.91 Å². The number of quaternary nitrogens is 1. The summed E-state index contributed by atoms with van der Waals surface area (Å²) in [5.74, 6) is 0.0109. The van der Waals surface area contributed by atoms with E-state index >= 15 is 0 Å². The van der Waals surface area contributed by atoms with E-state index in [1.165, 1.54) is 0 Å². The smallest absolute Gasteiger partial charge is 0.238 e. The van der Waals surface area contributed by atoms with E-state index in [1.807, 2.05) is 32.0 Å². The zero-order chi connectivity index (χ0) is 25.2. The molecule has 1 atom stereocenters. The lowest BCUT2D eigenvalue weighted by molar-refractivity contribution is -0.918. The fourth-order valence-corrected chi connectivity index (χ4v) is 4.19. The maximum absolute atomic E-state index is 12.7. The highest BCUT2D eigenvalue weighted by molar-refractivity contribution is 5.93. The second-order valence-corrected chi connectivity index (χ2v) is 9.12. The second kappa shape index (κ2) is 17.6. The first-order chi connectivity index (χ1) is 16.4. The van der Waals surface area contributed by atoms with Gasteiger partial charge < -0.3 is 19.3 Å². The molecule has 0 aromatic heterocycles. The van der Waals surface area contributed by atoms with Gasteiger partial charge in [0.25, 0.3) is 0 Å². The number of ether oxygens (including phenoxy) is 2. The van der Waals surface area contributed by atoms with Crippen LogP contribution in [0.25, 0.3) is 0 Å². The lowest BCUT2D eigenvalue weighted by Gasteiger charge is -2.35. The molecule has 0 bridgehead atoms. The number of carbonyl (C=O) groups is 2. The Morgan fingerprint density at radius 2 is 1.65 bits per heavy atom. The van der Waals surface area contributed by atoms with E-state index in [-0.39, 0.29) is 5.91 Å². The third-order valence-electron chi connectivity index (χ3n) is 6.41. The minimum atomic E-state index is 0.0109. The van der Waals surface area contributed by atoms with Crippen molar-refractivity contribution in [3.05, 3.63) is 29.3 Å². The average molecular weight is 479 g/mol. The van der Waals surface area contributed by atoms with Crippen LogP contribution in [0, 0.1) is 13.8 Å². The highest BCUT2D eigenvalue weighted by Gasteiger charge is 2.23. The number of aldehydes is 1. The van der Waals surface area contributed by atoms with Crippen LogP contribution in [-0.2, 0) is 19.1 Å². The van der Waals surface area contributed by atoms with Crippen molar-refractivity contribution in [1.29, 1.82) is 0 Å². The molecule has 1 aromatic rings. The van der Waals surface area contributed by atoms with Crippen molar-refractivity contribution in [2.24, 2.45) is 0 Å². The van der Waals surface area contributed by atoms with Gasteiger partial charge in [0.05, 0.1) is 46.1 Å². The standard InChI is InChI=1S/C27H47N3O4/c1-6-9-13-29(23-26(32)28-27-24(4)11-10-12-25(27)5)14-19-33-21-22-34-20-17-30(8-3,15-7-2)16-18-31/h10-12,18H,6-9,13-17,19-23H2,1-5H3/p+1. The van der Waals surface area contributed by atoms with E-state index in [9.17, 15) is 9.59 Å². The molecule has 7 nitrogen and oxygen atoms in total. The number of anilines is 1. The van der Waals surface area contributed by atoms with Crippen molar-refractivity contribution >= 4 is 17.9 Å². The van der Waals surface area contributed by atoms with E-state index in [1.54, 1.807) is 0 Å².